The van der Waals surface area contributed by atoms with E-state index in [2.05, 4.69) is 21.2 Å². The van der Waals surface area contributed by atoms with E-state index in [0.29, 0.717) is 36.2 Å². The molecule has 0 unspecified atom stereocenters. The first-order chi connectivity index (χ1) is 17.3. The highest BCUT2D eigenvalue weighted by Gasteiger charge is 2.37. The van der Waals surface area contributed by atoms with Gasteiger partial charge >= 0.3 is 5.97 Å². The summed E-state index contributed by atoms with van der Waals surface area (Å²) in [5.74, 6) is -0.719. The fraction of sp³-hybridized carbons (Fsp3) is 0.407. The summed E-state index contributed by atoms with van der Waals surface area (Å²) in [5.41, 5.74) is 1.84. The summed E-state index contributed by atoms with van der Waals surface area (Å²) in [6.45, 7) is 3.71. The lowest BCUT2D eigenvalue weighted by atomic mass is 10.0. The Kier molecular flexibility index (Phi) is 10.6. The van der Waals surface area contributed by atoms with Crippen LogP contribution in [0.4, 0.5) is 0 Å². The maximum atomic E-state index is 13.3. The summed E-state index contributed by atoms with van der Waals surface area (Å²) < 4.78 is 5.63. The number of amides is 2. The Labute approximate surface area is 224 Å². The molecule has 2 aromatic carbocycles. The average Bonchev–Trinajstić information content (AvgIpc) is 3.37. The summed E-state index contributed by atoms with van der Waals surface area (Å²) in [4.78, 5) is 52.4. The zero-order chi connectivity index (χ0) is 26.1. The molecule has 0 saturated carbocycles. The molecule has 1 heterocycles. The number of nitrogens with zero attached hydrogens (tertiary/aromatic N) is 1. The SMILES string of the molecule is CC(=O)SC[C@@H](C)C(=O)N1CCC[C@H]1C(=O)N[C@@H](Cc1ccccc1)C(=O)Oc1cccc(CBr)c1. The van der Waals surface area contributed by atoms with Gasteiger partial charge in [0.15, 0.2) is 5.12 Å². The van der Waals surface area contributed by atoms with Crippen molar-refractivity contribution in [1.82, 2.24) is 10.2 Å². The second kappa shape index (κ2) is 13.6. The summed E-state index contributed by atoms with van der Waals surface area (Å²) in [6, 6.07) is 15.0. The Bertz CT molecular complexity index is 1080. The highest BCUT2D eigenvalue weighted by atomic mass is 79.9. The van der Waals surface area contributed by atoms with E-state index in [1.54, 1.807) is 30.0 Å². The Morgan fingerprint density at radius 1 is 1.11 bits per heavy atom. The van der Waals surface area contributed by atoms with Gasteiger partial charge in [-0.05, 0) is 36.1 Å². The van der Waals surface area contributed by atoms with Gasteiger partial charge in [0.25, 0.3) is 0 Å². The number of carbonyl (C=O) groups excluding carboxylic acids is 4. The molecule has 1 N–H and O–H groups in total. The Hall–Kier alpha value is -2.65. The Morgan fingerprint density at radius 3 is 2.53 bits per heavy atom. The van der Waals surface area contributed by atoms with Crippen molar-refractivity contribution in [3.63, 3.8) is 0 Å². The van der Waals surface area contributed by atoms with Crippen molar-refractivity contribution < 1.29 is 23.9 Å². The van der Waals surface area contributed by atoms with Crippen LogP contribution in [0.3, 0.4) is 0 Å². The van der Waals surface area contributed by atoms with Crippen molar-refractivity contribution in [3.8, 4) is 5.75 Å². The van der Waals surface area contributed by atoms with E-state index in [9.17, 15) is 19.2 Å². The molecule has 1 aliphatic heterocycles. The summed E-state index contributed by atoms with van der Waals surface area (Å²) >= 11 is 4.50. The third kappa shape index (κ3) is 7.93. The molecular weight excluding hydrogens is 544 g/mol. The molecule has 3 rings (SSSR count). The molecule has 3 atom stereocenters. The van der Waals surface area contributed by atoms with Gasteiger partial charge in [0, 0.05) is 36.9 Å². The van der Waals surface area contributed by atoms with Gasteiger partial charge in [0.05, 0.1) is 0 Å². The maximum Gasteiger partial charge on any atom is 0.334 e. The number of thioether (sulfide) groups is 1. The van der Waals surface area contributed by atoms with Gasteiger partial charge in [-0.25, -0.2) is 4.79 Å². The van der Waals surface area contributed by atoms with Gasteiger partial charge in [-0.1, -0.05) is 77.1 Å². The molecule has 0 aliphatic carbocycles. The van der Waals surface area contributed by atoms with E-state index in [-0.39, 0.29) is 29.3 Å². The number of hydrogen-bond acceptors (Lipinski definition) is 6. The largest absolute Gasteiger partial charge is 0.425 e. The van der Waals surface area contributed by atoms with Crippen LogP contribution in [0.1, 0.15) is 37.8 Å². The Balaban J connectivity index is 1.73. The number of benzene rings is 2. The fourth-order valence-corrected chi connectivity index (χ4v) is 5.07. The van der Waals surface area contributed by atoms with E-state index in [0.717, 1.165) is 22.9 Å². The molecule has 7 nitrogen and oxygen atoms in total. The van der Waals surface area contributed by atoms with Gasteiger partial charge in [-0.3, -0.25) is 14.4 Å². The molecule has 2 amide bonds. The van der Waals surface area contributed by atoms with Gasteiger partial charge < -0.3 is 15.0 Å². The van der Waals surface area contributed by atoms with Crippen molar-refractivity contribution in [2.45, 2.75) is 50.5 Å². The van der Waals surface area contributed by atoms with E-state index in [1.165, 1.54) is 6.92 Å². The Morgan fingerprint density at radius 2 is 1.83 bits per heavy atom. The predicted octanol–water partition coefficient (Wildman–Crippen LogP) is 4.12. The van der Waals surface area contributed by atoms with Gasteiger partial charge in [-0.2, -0.15) is 0 Å². The molecule has 192 valence electrons. The summed E-state index contributed by atoms with van der Waals surface area (Å²) in [7, 11) is 0. The van der Waals surface area contributed by atoms with Crippen LogP contribution < -0.4 is 10.1 Å². The maximum absolute atomic E-state index is 13.3. The molecule has 0 spiro atoms. The number of nitrogens with one attached hydrogen (secondary N) is 1. The number of likely N-dealkylation sites (tertiary alicyclic amines) is 1. The lowest BCUT2D eigenvalue weighted by molar-refractivity contribution is -0.143. The molecule has 1 fully saturated rings. The minimum atomic E-state index is -0.921. The zero-order valence-corrected chi connectivity index (χ0v) is 22.8. The summed E-state index contributed by atoms with van der Waals surface area (Å²) in [5, 5.41) is 3.43. The first kappa shape index (κ1) is 27.9. The topological polar surface area (TPSA) is 92.8 Å². The average molecular weight is 576 g/mol. The molecule has 36 heavy (non-hydrogen) atoms. The first-order valence-electron chi connectivity index (χ1n) is 11.9. The van der Waals surface area contributed by atoms with Gasteiger partial charge in [-0.15, -0.1) is 0 Å². The normalized spacial score (nSPS) is 16.8. The van der Waals surface area contributed by atoms with Gasteiger partial charge in [0.1, 0.15) is 17.8 Å². The van der Waals surface area contributed by atoms with Crippen LogP contribution in [0, 0.1) is 5.92 Å². The monoisotopic (exact) mass is 574 g/mol. The molecule has 1 aliphatic rings. The predicted molar refractivity (Wildman–Crippen MR) is 144 cm³/mol. The zero-order valence-electron chi connectivity index (χ0n) is 20.4. The van der Waals surface area contributed by atoms with Crippen LogP contribution in [-0.2, 0) is 30.9 Å². The van der Waals surface area contributed by atoms with Crippen molar-refractivity contribution in [1.29, 1.82) is 0 Å². The number of alkyl halides is 1. The van der Waals surface area contributed by atoms with E-state index >= 15 is 0 Å². The lowest BCUT2D eigenvalue weighted by Gasteiger charge is -2.28. The van der Waals surface area contributed by atoms with Crippen LogP contribution in [0.5, 0.6) is 5.75 Å². The molecular formula is C27H31BrN2O5S. The van der Waals surface area contributed by atoms with Crippen molar-refractivity contribution in [2.75, 3.05) is 12.3 Å². The number of halogens is 1. The van der Waals surface area contributed by atoms with Crippen LogP contribution >= 0.6 is 27.7 Å². The van der Waals surface area contributed by atoms with Crippen LogP contribution in [0.2, 0.25) is 0 Å². The smallest absolute Gasteiger partial charge is 0.334 e. The lowest BCUT2D eigenvalue weighted by Crippen LogP contribution is -2.53. The standard InChI is InChI=1S/C27H31BrN2O5S/c1-18(17-36-19(2)31)26(33)30-13-7-12-24(30)25(32)29-23(15-20-8-4-3-5-9-20)27(34)35-22-11-6-10-21(14-22)16-28/h3-6,8-11,14,18,23-24H,7,12-13,15-17H2,1-2H3,(H,29,32)/t18-,23+,24+/m1/s1. The number of hydrogen-bond donors (Lipinski definition) is 1. The minimum absolute atomic E-state index is 0.0469. The quantitative estimate of drug-likeness (QED) is 0.260. The third-order valence-electron chi connectivity index (χ3n) is 5.95. The molecule has 1 saturated heterocycles. The van der Waals surface area contributed by atoms with Crippen molar-refractivity contribution in [2.24, 2.45) is 5.92 Å². The van der Waals surface area contributed by atoms with Crippen LogP contribution in [0.15, 0.2) is 54.6 Å². The minimum Gasteiger partial charge on any atom is -0.425 e. The van der Waals surface area contributed by atoms with E-state index < -0.39 is 18.1 Å². The third-order valence-corrected chi connectivity index (χ3v) is 7.67. The second-order valence-electron chi connectivity index (χ2n) is 8.85. The number of carbonyl (C=O) groups is 4. The first-order valence-corrected chi connectivity index (χ1v) is 14.0. The highest BCUT2D eigenvalue weighted by molar-refractivity contribution is 9.08. The molecule has 0 radical (unpaired) electrons. The molecule has 9 heteroatoms. The highest BCUT2D eigenvalue weighted by Crippen LogP contribution is 2.23. The van der Waals surface area contributed by atoms with Crippen molar-refractivity contribution >= 4 is 50.6 Å². The van der Waals surface area contributed by atoms with Gasteiger partial charge in [0.2, 0.25) is 11.8 Å². The van der Waals surface area contributed by atoms with E-state index in [1.807, 2.05) is 36.4 Å². The fourth-order valence-electron chi connectivity index (χ4n) is 4.09. The number of esters is 1. The van der Waals surface area contributed by atoms with E-state index in [4.69, 9.17) is 4.74 Å². The number of ether oxygens (including phenoxy) is 1. The van der Waals surface area contributed by atoms with Crippen LogP contribution in [0.25, 0.3) is 0 Å². The van der Waals surface area contributed by atoms with Crippen molar-refractivity contribution in [3.05, 3.63) is 65.7 Å². The molecule has 0 aromatic heterocycles. The summed E-state index contributed by atoms with van der Waals surface area (Å²) in [6.07, 6.45) is 1.48. The van der Waals surface area contributed by atoms with Crippen LogP contribution in [-0.4, -0.2) is 52.2 Å². The molecule has 2 aromatic rings. The number of rotatable bonds is 10. The molecule has 0 bridgehead atoms. The second-order valence-corrected chi connectivity index (χ2v) is 10.6.